The molecule has 0 saturated carbocycles. The summed E-state index contributed by atoms with van der Waals surface area (Å²) in [6.45, 7) is 4.60. The van der Waals surface area contributed by atoms with Crippen LogP contribution < -0.4 is 19.7 Å². The van der Waals surface area contributed by atoms with E-state index in [4.69, 9.17) is 9.47 Å². The van der Waals surface area contributed by atoms with Gasteiger partial charge in [-0.1, -0.05) is 0 Å². The number of ether oxygens (including phenoxy) is 2. The van der Waals surface area contributed by atoms with Gasteiger partial charge >= 0.3 is 0 Å². The maximum Gasteiger partial charge on any atom is 0.173 e. The molecule has 1 aliphatic heterocycles. The van der Waals surface area contributed by atoms with Crippen LogP contribution in [0.25, 0.3) is 0 Å². The summed E-state index contributed by atoms with van der Waals surface area (Å²) in [5.41, 5.74) is 2.81. The number of nitrogens with zero attached hydrogens (tertiary/aromatic N) is 2. The van der Waals surface area contributed by atoms with E-state index < -0.39 is 0 Å². The Morgan fingerprint density at radius 2 is 1.88 bits per heavy atom. The molecule has 1 N–H and O–H groups in total. The average molecular weight is 341 g/mol. The number of anilines is 3. The van der Waals surface area contributed by atoms with E-state index in [9.17, 15) is 4.91 Å². The van der Waals surface area contributed by atoms with E-state index in [-0.39, 0.29) is 5.69 Å². The minimum atomic E-state index is 0.277. The van der Waals surface area contributed by atoms with Gasteiger partial charge in [-0.15, -0.1) is 4.91 Å². The van der Waals surface area contributed by atoms with Crippen molar-refractivity contribution in [3.05, 3.63) is 41.3 Å². The van der Waals surface area contributed by atoms with Crippen molar-refractivity contribution in [2.45, 2.75) is 19.8 Å². The van der Waals surface area contributed by atoms with Gasteiger partial charge in [-0.25, -0.2) is 0 Å². The van der Waals surface area contributed by atoms with Crippen molar-refractivity contribution in [1.29, 1.82) is 0 Å². The molecule has 1 heterocycles. The van der Waals surface area contributed by atoms with Gasteiger partial charge in [-0.05, 0) is 55.3 Å². The highest BCUT2D eigenvalue weighted by Gasteiger charge is 2.18. The first kappa shape index (κ1) is 17.1. The highest BCUT2D eigenvalue weighted by molar-refractivity contribution is 5.81. The third-order valence-electron chi connectivity index (χ3n) is 4.29. The van der Waals surface area contributed by atoms with E-state index >= 15 is 0 Å². The lowest BCUT2D eigenvalue weighted by atomic mass is 10.2. The molecular weight excluding hydrogens is 318 g/mol. The maximum absolute atomic E-state index is 11.4. The second-order valence-corrected chi connectivity index (χ2v) is 5.91. The normalized spacial score (nSPS) is 13.6. The smallest absolute Gasteiger partial charge is 0.173 e. The molecule has 0 amide bonds. The van der Waals surface area contributed by atoms with Crippen LogP contribution in [0.5, 0.6) is 11.5 Å². The monoisotopic (exact) mass is 341 g/mol. The quantitative estimate of drug-likeness (QED) is 0.730. The molecule has 6 nitrogen and oxygen atoms in total. The Morgan fingerprint density at radius 1 is 1.16 bits per heavy atom. The first-order valence-corrected chi connectivity index (χ1v) is 8.55. The summed E-state index contributed by atoms with van der Waals surface area (Å²) in [5, 5.41) is 6.45. The number of methoxy groups -OCH3 is 1. The van der Waals surface area contributed by atoms with E-state index in [1.54, 1.807) is 7.11 Å². The number of rotatable bonds is 7. The molecule has 2 aromatic carbocycles. The Bertz CT molecular complexity index is 725. The molecule has 25 heavy (non-hydrogen) atoms. The van der Waals surface area contributed by atoms with Gasteiger partial charge in [0.2, 0.25) is 0 Å². The van der Waals surface area contributed by atoms with Crippen LogP contribution in [0.3, 0.4) is 0 Å². The molecule has 0 bridgehead atoms. The van der Waals surface area contributed by atoms with Gasteiger partial charge in [0.15, 0.2) is 11.4 Å². The van der Waals surface area contributed by atoms with Gasteiger partial charge in [0.1, 0.15) is 5.75 Å². The molecule has 0 aromatic heterocycles. The largest absolute Gasteiger partial charge is 0.494 e. The molecule has 1 fully saturated rings. The fraction of sp³-hybridized carbons (Fsp3) is 0.368. The van der Waals surface area contributed by atoms with Gasteiger partial charge in [0, 0.05) is 30.5 Å². The molecule has 6 heteroatoms. The summed E-state index contributed by atoms with van der Waals surface area (Å²) in [6.07, 6.45) is 2.36. The highest BCUT2D eigenvalue weighted by atomic mass is 16.5. The lowest BCUT2D eigenvalue weighted by molar-refractivity contribution is 0.340. The molecule has 0 radical (unpaired) electrons. The first-order chi connectivity index (χ1) is 12.2. The van der Waals surface area contributed by atoms with Gasteiger partial charge in [-0.2, -0.15) is 0 Å². The molecule has 1 aliphatic rings. The first-order valence-electron chi connectivity index (χ1n) is 8.55. The van der Waals surface area contributed by atoms with Crippen molar-refractivity contribution < 1.29 is 9.47 Å². The zero-order chi connectivity index (χ0) is 17.6. The summed E-state index contributed by atoms with van der Waals surface area (Å²) in [5.74, 6) is 1.29. The Hall–Kier alpha value is -2.76. The second kappa shape index (κ2) is 7.88. The number of hydrogen-bond acceptors (Lipinski definition) is 6. The standard InChI is InChI=1S/C19H23N3O3/c1-3-25-16-8-6-14(7-9-16)20-17-12-15(22-10-4-5-11-22)13-18(24-2)19(17)21-23/h6-9,12-13,20H,3-5,10-11H2,1-2H3. The van der Waals surface area contributed by atoms with Crippen molar-refractivity contribution in [3.8, 4) is 11.5 Å². The van der Waals surface area contributed by atoms with Crippen LogP contribution in [0.4, 0.5) is 22.7 Å². The highest BCUT2D eigenvalue weighted by Crippen LogP contribution is 2.41. The third-order valence-corrected chi connectivity index (χ3v) is 4.29. The van der Waals surface area contributed by atoms with Crippen molar-refractivity contribution in [3.63, 3.8) is 0 Å². The summed E-state index contributed by atoms with van der Waals surface area (Å²) < 4.78 is 10.8. The van der Waals surface area contributed by atoms with E-state index in [1.807, 2.05) is 43.3 Å². The van der Waals surface area contributed by atoms with Crippen LogP contribution in [0, 0.1) is 4.91 Å². The van der Waals surface area contributed by atoms with Gasteiger partial charge in [0.25, 0.3) is 0 Å². The number of hydrogen-bond donors (Lipinski definition) is 1. The minimum absolute atomic E-state index is 0.277. The number of benzene rings is 2. The minimum Gasteiger partial charge on any atom is -0.494 e. The Morgan fingerprint density at radius 3 is 2.48 bits per heavy atom. The Labute approximate surface area is 147 Å². The van der Waals surface area contributed by atoms with E-state index in [2.05, 4.69) is 15.4 Å². The predicted molar refractivity (Wildman–Crippen MR) is 101 cm³/mol. The predicted octanol–water partition coefficient (Wildman–Crippen LogP) is 4.84. The van der Waals surface area contributed by atoms with E-state index in [0.717, 1.165) is 30.2 Å². The van der Waals surface area contributed by atoms with Gasteiger partial charge in [0.05, 0.1) is 19.4 Å². The topological polar surface area (TPSA) is 63.2 Å². The van der Waals surface area contributed by atoms with Crippen molar-refractivity contribution in [2.75, 3.05) is 37.0 Å². The lowest BCUT2D eigenvalue weighted by Crippen LogP contribution is -2.17. The zero-order valence-electron chi connectivity index (χ0n) is 14.6. The van der Waals surface area contributed by atoms with Crippen LogP contribution in [0.2, 0.25) is 0 Å². The molecule has 132 valence electrons. The molecule has 0 spiro atoms. The van der Waals surface area contributed by atoms with Crippen molar-refractivity contribution in [1.82, 2.24) is 0 Å². The lowest BCUT2D eigenvalue weighted by Gasteiger charge is -2.21. The van der Waals surface area contributed by atoms with Crippen LogP contribution in [0.15, 0.2) is 41.6 Å². The SMILES string of the molecule is CCOc1ccc(Nc2cc(N3CCCC3)cc(OC)c2N=O)cc1. The fourth-order valence-electron chi connectivity index (χ4n) is 3.05. The fourth-order valence-corrected chi connectivity index (χ4v) is 3.05. The van der Waals surface area contributed by atoms with Crippen LogP contribution in [0.1, 0.15) is 19.8 Å². The Balaban J connectivity index is 1.92. The number of nitroso groups, excluding NO2 is 1. The maximum atomic E-state index is 11.4. The van der Waals surface area contributed by atoms with Crippen molar-refractivity contribution in [2.24, 2.45) is 5.18 Å². The molecule has 0 aliphatic carbocycles. The molecule has 0 unspecified atom stereocenters. The summed E-state index contributed by atoms with van der Waals surface area (Å²) >= 11 is 0. The zero-order valence-corrected chi connectivity index (χ0v) is 14.6. The van der Waals surface area contributed by atoms with Gasteiger partial charge in [-0.3, -0.25) is 0 Å². The van der Waals surface area contributed by atoms with Crippen LogP contribution in [-0.4, -0.2) is 26.8 Å². The molecule has 2 aromatic rings. The summed E-state index contributed by atoms with van der Waals surface area (Å²) in [4.78, 5) is 13.7. The third kappa shape index (κ3) is 3.84. The van der Waals surface area contributed by atoms with Gasteiger partial charge < -0.3 is 19.7 Å². The Kier molecular flexibility index (Phi) is 5.38. The molecule has 3 rings (SSSR count). The van der Waals surface area contributed by atoms with E-state index in [1.165, 1.54) is 12.8 Å². The number of nitrogens with one attached hydrogen (secondary N) is 1. The average Bonchev–Trinajstić information content (AvgIpc) is 3.17. The molecular formula is C19H23N3O3. The molecule has 1 saturated heterocycles. The van der Waals surface area contributed by atoms with Crippen LogP contribution in [-0.2, 0) is 0 Å². The second-order valence-electron chi connectivity index (χ2n) is 5.91. The summed E-state index contributed by atoms with van der Waals surface area (Å²) in [6, 6.07) is 11.4. The molecule has 0 atom stereocenters. The van der Waals surface area contributed by atoms with Crippen LogP contribution >= 0.6 is 0 Å². The van der Waals surface area contributed by atoms with E-state index in [0.29, 0.717) is 18.0 Å². The van der Waals surface area contributed by atoms with Crippen molar-refractivity contribution >= 4 is 22.7 Å². The summed E-state index contributed by atoms with van der Waals surface area (Å²) in [7, 11) is 1.55.